The molecule has 0 bridgehead atoms. The predicted molar refractivity (Wildman–Crippen MR) is 89.5 cm³/mol. The molecule has 4 nitrogen and oxygen atoms in total. The molecular weight excluding hydrogens is 493 g/mol. The van der Waals surface area contributed by atoms with Crippen molar-refractivity contribution in [1.29, 1.82) is 0 Å². The Morgan fingerprint density at radius 2 is 0.960 bits per heavy atom. The minimum absolute atomic E-state index is 0. The summed E-state index contributed by atoms with van der Waals surface area (Å²) in [5.41, 5.74) is 1.47. The van der Waals surface area contributed by atoms with Crippen molar-refractivity contribution in [2.45, 2.75) is 26.7 Å². The molecule has 0 aliphatic carbocycles. The summed E-state index contributed by atoms with van der Waals surface area (Å²) in [4.78, 5) is 21.6. The van der Waals surface area contributed by atoms with Crippen LogP contribution in [0.5, 0.6) is 0 Å². The second-order valence-corrected chi connectivity index (χ2v) is 4.39. The summed E-state index contributed by atoms with van der Waals surface area (Å²) in [6.45, 7) is 3.60. The van der Waals surface area contributed by atoms with Gasteiger partial charge in [-0.15, -0.1) is 11.4 Å². The number of hydrogen-bond acceptors (Lipinski definition) is 2. The molecule has 132 valence electrons. The Hall–Kier alpha value is -1.89. The maximum Gasteiger partial charge on any atom is 4.00 e. The van der Waals surface area contributed by atoms with Gasteiger partial charge in [0, 0.05) is 0 Å². The normalized spacial score (nSPS) is 8.08. The Morgan fingerprint density at radius 1 is 0.680 bits per heavy atom. The molecule has 0 atom stereocenters. The molecule has 0 aliphatic rings. The topological polar surface area (TPSA) is 62.3 Å². The number of halogens is 2. The molecule has 0 saturated carbocycles. The summed E-state index contributed by atoms with van der Waals surface area (Å²) in [5, 5.41) is 7.68. The summed E-state index contributed by atoms with van der Waals surface area (Å²) < 4.78 is 0. The average Bonchev–Trinajstić information content (AvgIpc) is 2.57. The second kappa shape index (κ2) is 17.0. The van der Waals surface area contributed by atoms with Gasteiger partial charge >= 0.3 is 25.8 Å². The summed E-state index contributed by atoms with van der Waals surface area (Å²) in [5.74, 6) is -0.146. The van der Waals surface area contributed by atoms with E-state index in [9.17, 15) is 9.59 Å². The number of carbonyl (C=O) groups is 2. The van der Waals surface area contributed by atoms with Gasteiger partial charge in [0.2, 0.25) is 0 Å². The van der Waals surface area contributed by atoms with E-state index in [1.54, 1.807) is 13.8 Å². The third-order valence-electron chi connectivity index (χ3n) is 2.62. The second-order valence-electron chi connectivity index (χ2n) is 4.39. The fourth-order valence-electron chi connectivity index (χ4n) is 1.45. The van der Waals surface area contributed by atoms with E-state index in [0.29, 0.717) is 12.8 Å². The quantitative estimate of drug-likeness (QED) is 0.507. The Balaban J connectivity index is -0.000000346. The molecule has 0 aromatic heterocycles. The fourth-order valence-corrected chi connectivity index (χ4v) is 1.45. The van der Waals surface area contributed by atoms with Gasteiger partial charge in [0.05, 0.1) is 11.8 Å². The van der Waals surface area contributed by atoms with Crippen LogP contribution < -0.4 is 9.41 Å². The van der Waals surface area contributed by atoms with Crippen LogP contribution in [0.15, 0.2) is 60.7 Å². The summed E-state index contributed by atoms with van der Waals surface area (Å²) in [6.07, 6.45) is 0.934. The van der Waals surface area contributed by atoms with Gasteiger partial charge in [0.15, 0.2) is 0 Å². The summed E-state index contributed by atoms with van der Waals surface area (Å²) >= 11 is 0. The van der Waals surface area contributed by atoms with Crippen LogP contribution >= 0.6 is 0 Å². The molecule has 2 amide bonds. The number of carbonyl (C=O) groups excluding carboxylic acids is 2. The van der Waals surface area contributed by atoms with E-state index >= 15 is 0 Å². The van der Waals surface area contributed by atoms with E-state index in [4.69, 9.17) is 0 Å². The van der Waals surface area contributed by atoms with Gasteiger partial charge in [-0.25, -0.2) is 0 Å². The van der Waals surface area contributed by atoms with Gasteiger partial charge in [0.1, 0.15) is 0 Å². The third-order valence-corrected chi connectivity index (χ3v) is 2.62. The van der Waals surface area contributed by atoms with Crippen molar-refractivity contribution in [2.75, 3.05) is 0 Å². The number of rotatable bonds is 4. The Morgan fingerprint density at radius 3 is 1.20 bits per heavy atom. The molecule has 0 unspecified atom stereocenters. The maximum absolute atomic E-state index is 10.8. The minimum Gasteiger partial charge on any atom is -1.00 e. The molecule has 0 spiro atoms. The Kier molecular flexibility index (Phi) is 18.9. The molecule has 25 heavy (non-hydrogen) atoms. The van der Waals surface area contributed by atoms with Crippen molar-refractivity contribution in [3.63, 3.8) is 0 Å². The van der Waals surface area contributed by atoms with Crippen molar-refractivity contribution in [3.8, 4) is 0 Å². The van der Waals surface area contributed by atoms with Crippen molar-refractivity contribution in [1.82, 2.24) is 0 Å². The first-order valence-electron chi connectivity index (χ1n) is 7.25. The van der Waals surface area contributed by atoms with Crippen LogP contribution in [0.4, 0.5) is 11.4 Å². The summed E-state index contributed by atoms with van der Waals surface area (Å²) in [7, 11) is 0. The van der Waals surface area contributed by atoms with Crippen LogP contribution in [-0.2, 0) is 35.4 Å². The van der Waals surface area contributed by atoms with Gasteiger partial charge in [-0.1, -0.05) is 74.5 Å². The van der Waals surface area contributed by atoms with Crippen LogP contribution in [0, 0.1) is 0 Å². The standard InChI is InChI=1S/2C9H11NO.2FH.Hf/c2*1-2-9(11)10-8-6-4-3-5-7-8;;;/h2*3-7H,2H2,1H3,(H,10,11);2*1H;/q;;;;+4/p-4. The van der Waals surface area contributed by atoms with Crippen LogP contribution in [-0.4, -0.2) is 11.8 Å². The number of para-hydroxylation sites is 2. The van der Waals surface area contributed by atoms with Gasteiger partial charge in [-0.2, -0.15) is 0 Å². The zero-order chi connectivity index (χ0) is 16.2. The predicted octanol–water partition coefficient (Wildman–Crippen LogP) is -0.738. The smallest absolute Gasteiger partial charge is 1.00 e. The molecule has 2 aromatic rings. The first-order chi connectivity index (χ1) is 10.7. The number of amides is 2. The zero-order valence-electron chi connectivity index (χ0n) is 14.2. The molecule has 0 fully saturated rings. The van der Waals surface area contributed by atoms with E-state index in [0.717, 1.165) is 11.4 Å². The zero-order valence-corrected chi connectivity index (χ0v) is 17.7. The largest absolute Gasteiger partial charge is 4.00 e. The third kappa shape index (κ3) is 13.1. The molecule has 0 heterocycles. The van der Waals surface area contributed by atoms with Crippen LogP contribution in [0.25, 0.3) is 10.6 Å². The van der Waals surface area contributed by atoms with E-state index in [1.165, 1.54) is 0 Å². The van der Waals surface area contributed by atoms with Crippen molar-refractivity contribution in [3.05, 3.63) is 71.3 Å². The maximum atomic E-state index is 10.8. The molecule has 0 radical (unpaired) electrons. The van der Waals surface area contributed by atoms with Crippen LogP contribution in [0.1, 0.15) is 26.7 Å². The molecule has 0 saturated heterocycles. The Labute approximate surface area is 165 Å². The number of benzene rings is 2. The van der Waals surface area contributed by atoms with E-state index in [2.05, 4.69) is 10.6 Å². The SMILES string of the molecule is CCC(=O)[N-]c1ccccc1.CCC(=O)[N-]c1ccccc1.[F-].[F-].[Hf+4]. The fraction of sp³-hybridized carbons (Fsp3) is 0.222. The molecular formula is C18H20F2HfN2O2. The molecule has 7 heteroatoms. The summed E-state index contributed by atoms with van der Waals surface area (Å²) in [6, 6.07) is 18.5. The van der Waals surface area contributed by atoms with Crippen LogP contribution in [0.2, 0.25) is 0 Å². The Bertz CT molecular complexity index is 531. The van der Waals surface area contributed by atoms with Gasteiger partial charge in [-0.3, -0.25) is 0 Å². The van der Waals surface area contributed by atoms with Gasteiger partial charge in [0.25, 0.3) is 0 Å². The number of hydrogen-bond donors (Lipinski definition) is 0. The van der Waals surface area contributed by atoms with Gasteiger partial charge < -0.3 is 29.6 Å². The van der Waals surface area contributed by atoms with E-state index < -0.39 is 0 Å². The molecule has 0 aliphatic heterocycles. The van der Waals surface area contributed by atoms with Crippen molar-refractivity contribution >= 4 is 23.2 Å². The molecule has 2 aromatic carbocycles. The van der Waals surface area contributed by atoms with E-state index in [-0.39, 0.29) is 47.1 Å². The average molecular weight is 513 g/mol. The molecule has 2 rings (SSSR count). The van der Waals surface area contributed by atoms with Crippen LogP contribution in [0.3, 0.4) is 0 Å². The van der Waals surface area contributed by atoms with Crippen molar-refractivity contribution in [2.24, 2.45) is 0 Å². The number of nitrogens with zero attached hydrogens (tertiary/aromatic N) is 2. The van der Waals surface area contributed by atoms with Crippen molar-refractivity contribution < 1.29 is 44.8 Å². The van der Waals surface area contributed by atoms with Gasteiger partial charge in [-0.05, 0) is 12.8 Å². The first-order valence-corrected chi connectivity index (χ1v) is 7.25. The minimum atomic E-state index is -0.0730. The van der Waals surface area contributed by atoms with E-state index in [1.807, 2.05) is 60.7 Å². The molecule has 0 N–H and O–H groups in total. The monoisotopic (exact) mass is 514 g/mol. The first kappa shape index (κ1) is 27.9.